The first-order chi connectivity index (χ1) is 9.60. The van der Waals surface area contributed by atoms with Gasteiger partial charge in [0.2, 0.25) is 5.95 Å². The molecule has 0 atom stereocenters. The Balaban J connectivity index is 2.20. The van der Waals surface area contributed by atoms with Gasteiger partial charge in [-0.25, -0.2) is 9.37 Å². The van der Waals surface area contributed by atoms with Crippen molar-refractivity contribution >= 4 is 45.0 Å². The van der Waals surface area contributed by atoms with Gasteiger partial charge in [0, 0.05) is 18.4 Å². The van der Waals surface area contributed by atoms with Crippen LogP contribution in [0, 0.1) is 5.82 Å². The van der Waals surface area contributed by atoms with Crippen molar-refractivity contribution in [2.75, 3.05) is 17.2 Å². The second-order valence-corrected chi connectivity index (χ2v) is 5.08. The average Bonchev–Trinajstić information content (AvgIpc) is 2.43. The van der Waals surface area contributed by atoms with Gasteiger partial charge < -0.3 is 10.6 Å². The number of nitrogens with one attached hydrogen (secondary N) is 2. The van der Waals surface area contributed by atoms with E-state index in [1.54, 1.807) is 18.3 Å². The van der Waals surface area contributed by atoms with Gasteiger partial charge >= 0.3 is 0 Å². The second-order valence-electron chi connectivity index (χ2n) is 3.81. The number of benzene rings is 1. The van der Waals surface area contributed by atoms with Crippen molar-refractivity contribution in [2.24, 2.45) is 0 Å². The maximum absolute atomic E-state index is 13.1. The van der Waals surface area contributed by atoms with Gasteiger partial charge in [-0.2, -0.15) is 4.98 Å². The van der Waals surface area contributed by atoms with Crippen LogP contribution in [0.25, 0.3) is 0 Å². The normalized spacial score (nSPS) is 10.2. The molecule has 2 rings (SSSR count). The zero-order valence-electron chi connectivity index (χ0n) is 10.3. The highest BCUT2D eigenvalue weighted by atomic mass is 79.9. The number of nitrogens with zero attached hydrogens (tertiary/aromatic N) is 2. The van der Waals surface area contributed by atoms with Crippen LogP contribution >= 0.6 is 27.5 Å². The molecule has 7 heteroatoms. The maximum Gasteiger partial charge on any atom is 0.229 e. The number of hydrogen-bond acceptors (Lipinski definition) is 4. The Kier molecular flexibility index (Phi) is 4.92. The average molecular weight is 358 g/mol. The van der Waals surface area contributed by atoms with E-state index >= 15 is 0 Å². The van der Waals surface area contributed by atoms with Gasteiger partial charge in [0.15, 0.2) is 0 Å². The van der Waals surface area contributed by atoms with E-state index in [1.165, 1.54) is 12.1 Å². The van der Waals surface area contributed by atoms with Crippen molar-refractivity contribution in [1.29, 1.82) is 0 Å². The Hall–Kier alpha value is -1.66. The molecule has 20 heavy (non-hydrogen) atoms. The van der Waals surface area contributed by atoms with Gasteiger partial charge in [-0.1, -0.05) is 17.7 Å². The maximum atomic E-state index is 13.1. The smallest absolute Gasteiger partial charge is 0.229 e. The van der Waals surface area contributed by atoms with E-state index in [9.17, 15) is 4.39 Å². The van der Waals surface area contributed by atoms with Crippen molar-refractivity contribution in [1.82, 2.24) is 9.97 Å². The molecule has 0 unspecified atom stereocenters. The van der Waals surface area contributed by atoms with Crippen LogP contribution in [0.2, 0.25) is 5.02 Å². The Morgan fingerprint density at radius 2 is 2.25 bits per heavy atom. The van der Waals surface area contributed by atoms with Gasteiger partial charge in [0.1, 0.15) is 11.6 Å². The standard InChI is InChI=1S/C13H11BrClFN4/c1-2-5-17-12-9(14)7-18-13(20-12)19-8-3-4-11(16)10(15)6-8/h2-4,6-7H,1,5H2,(H2,17,18,19,20). The van der Waals surface area contributed by atoms with E-state index in [0.29, 0.717) is 24.0 Å². The van der Waals surface area contributed by atoms with Crippen LogP contribution < -0.4 is 10.6 Å². The molecule has 0 radical (unpaired) electrons. The highest BCUT2D eigenvalue weighted by Crippen LogP contribution is 2.24. The highest BCUT2D eigenvalue weighted by molar-refractivity contribution is 9.10. The fraction of sp³-hybridized carbons (Fsp3) is 0.0769. The van der Waals surface area contributed by atoms with Crippen LogP contribution in [0.4, 0.5) is 21.8 Å². The van der Waals surface area contributed by atoms with E-state index in [0.717, 1.165) is 4.47 Å². The Bertz CT molecular complexity index is 636. The highest BCUT2D eigenvalue weighted by Gasteiger charge is 2.06. The zero-order chi connectivity index (χ0) is 14.5. The molecule has 0 fully saturated rings. The Labute approximate surface area is 129 Å². The quantitative estimate of drug-likeness (QED) is 0.780. The summed E-state index contributed by atoms with van der Waals surface area (Å²) >= 11 is 9.07. The van der Waals surface area contributed by atoms with Gasteiger partial charge in [-0.15, -0.1) is 6.58 Å². The molecule has 0 saturated carbocycles. The molecule has 0 saturated heterocycles. The lowest BCUT2D eigenvalue weighted by atomic mass is 10.3. The molecule has 2 N–H and O–H groups in total. The molecule has 0 bridgehead atoms. The van der Waals surface area contributed by atoms with Gasteiger partial charge in [-0.05, 0) is 34.1 Å². The number of anilines is 3. The molecule has 1 aromatic carbocycles. The summed E-state index contributed by atoms with van der Waals surface area (Å²) in [6.07, 6.45) is 3.34. The van der Waals surface area contributed by atoms with E-state index in [1.807, 2.05) is 0 Å². The minimum atomic E-state index is -0.470. The van der Waals surface area contributed by atoms with Gasteiger partial charge in [-0.3, -0.25) is 0 Å². The summed E-state index contributed by atoms with van der Waals surface area (Å²) in [7, 11) is 0. The molecule has 0 aliphatic rings. The molecule has 4 nitrogen and oxygen atoms in total. The first kappa shape index (κ1) is 14.7. The SMILES string of the molecule is C=CCNc1nc(Nc2ccc(F)c(Cl)c2)ncc1Br. The van der Waals surface area contributed by atoms with Crippen molar-refractivity contribution in [3.8, 4) is 0 Å². The second kappa shape index (κ2) is 6.67. The van der Waals surface area contributed by atoms with Crippen LogP contribution in [0.3, 0.4) is 0 Å². The lowest BCUT2D eigenvalue weighted by molar-refractivity contribution is 0.628. The lowest BCUT2D eigenvalue weighted by Gasteiger charge is -2.09. The van der Waals surface area contributed by atoms with Crippen molar-refractivity contribution in [3.63, 3.8) is 0 Å². The van der Waals surface area contributed by atoms with Crippen LogP contribution in [0.5, 0.6) is 0 Å². The molecular weight excluding hydrogens is 347 g/mol. The predicted octanol–water partition coefficient (Wildman–Crippen LogP) is 4.37. The largest absolute Gasteiger partial charge is 0.366 e. The van der Waals surface area contributed by atoms with Crippen molar-refractivity contribution < 1.29 is 4.39 Å². The summed E-state index contributed by atoms with van der Waals surface area (Å²) in [4.78, 5) is 8.41. The molecule has 0 aliphatic heterocycles. The third-order valence-electron chi connectivity index (χ3n) is 2.33. The molecule has 104 valence electrons. The minimum Gasteiger partial charge on any atom is -0.366 e. The first-order valence-corrected chi connectivity index (χ1v) is 6.86. The Morgan fingerprint density at radius 3 is 2.95 bits per heavy atom. The topological polar surface area (TPSA) is 49.8 Å². The number of aromatic nitrogens is 2. The molecule has 0 amide bonds. The summed E-state index contributed by atoms with van der Waals surface area (Å²) in [6, 6.07) is 4.31. The summed E-state index contributed by atoms with van der Waals surface area (Å²) < 4.78 is 13.8. The van der Waals surface area contributed by atoms with Gasteiger partial charge in [0.05, 0.1) is 9.50 Å². The third-order valence-corrected chi connectivity index (χ3v) is 3.20. The number of rotatable bonds is 5. The Morgan fingerprint density at radius 1 is 1.45 bits per heavy atom. The van der Waals surface area contributed by atoms with Crippen LogP contribution in [0.15, 0.2) is 41.5 Å². The molecular formula is C13H11BrClFN4. The van der Waals surface area contributed by atoms with Crippen LogP contribution in [-0.2, 0) is 0 Å². The van der Waals surface area contributed by atoms with Crippen LogP contribution in [0.1, 0.15) is 0 Å². The number of halogens is 3. The summed E-state index contributed by atoms with van der Waals surface area (Å²) in [6.45, 7) is 4.21. The van der Waals surface area contributed by atoms with Crippen molar-refractivity contribution in [3.05, 3.63) is 52.4 Å². The number of hydrogen-bond donors (Lipinski definition) is 2. The zero-order valence-corrected chi connectivity index (χ0v) is 12.7. The van der Waals surface area contributed by atoms with Crippen molar-refractivity contribution in [2.45, 2.75) is 0 Å². The molecule has 1 aromatic heterocycles. The lowest BCUT2D eigenvalue weighted by Crippen LogP contribution is -2.05. The fourth-order valence-electron chi connectivity index (χ4n) is 1.42. The predicted molar refractivity (Wildman–Crippen MR) is 83.1 cm³/mol. The fourth-order valence-corrected chi connectivity index (χ4v) is 1.93. The molecule has 1 heterocycles. The summed E-state index contributed by atoms with van der Waals surface area (Å²) in [5, 5.41) is 6.06. The third kappa shape index (κ3) is 3.68. The monoisotopic (exact) mass is 356 g/mol. The minimum absolute atomic E-state index is 0.0390. The molecule has 0 spiro atoms. The van der Waals surface area contributed by atoms with Gasteiger partial charge in [0.25, 0.3) is 0 Å². The molecule has 0 aliphatic carbocycles. The van der Waals surface area contributed by atoms with E-state index in [4.69, 9.17) is 11.6 Å². The van der Waals surface area contributed by atoms with E-state index < -0.39 is 5.82 Å². The van der Waals surface area contributed by atoms with E-state index in [2.05, 4.69) is 43.1 Å². The first-order valence-electron chi connectivity index (χ1n) is 5.69. The summed E-state index contributed by atoms with van der Waals surface area (Å²) in [5.74, 6) is 0.542. The van der Waals surface area contributed by atoms with Crippen LogP contribution in [-0.4, -0.2) is 16.5 Å². The van der Waals surface area contributed by atoms with E-state index in [-0.39, 0.29) is 5.02 Å². The molecule has 2 aromatic rings. The summed E-state index contributed by atoms with van der Waals surface area (Å²) in [5.41, 5.74) is 0.605.